The van der Waals surface area contributed by atoms with E-state index < -0.39 is 12.0 Å². The summed E-state index contributed by atoms with van der Waals surface area (Å²) in [6, 6.07) is 8.98. The molecule has 1 aromatic rings. The number of nitrogens with one attached hydrogen (secondary N) is 1. The van der Waals surface area contributed by atoms with Crippen molar-refractivity contribution < 1.29 is 9.90 Å². The predicted molar refractivity (Wildman–Crippen MR) is 58.6 cm³/mol. The van der Waals surface area contributed by atoms with Crippen molar-refractivity contribution in [1.82, 2.24) is 5.32 Å². The predicted octanol–water partition coefficient (Wildman–Crippen LogP) is 0.231. The van der Waals surface area contributed by atoms with Gasteiger partial charge in [-0.05, 0) is 12.0 Å². The quantitative estimate of drug-likeness (QED) is 0.625. The highest BCUT2D eigenvalue weighted by atomic mass is 16.4. The Balaban J connectivity index is 2.55. The summed E-state index contributed by atoms with van der Waals surface area (Å²) in [6.07, 6.45) is 0.482. The van der Waals surface area contributed by atoms with E-state index in [0.717, 1.165) is 5.56 Å². The summed E-state index contributed by atoms with van der Waals surface area (Å²) in [5, 5.41) is 11.9. The molecule has 0 bridgehead atoms. The molecule has 1 rings (SSSR count). The van der Waals surface area contributed by atoms with Crippen LogP contribution in [0.3, 0.4) is 0 Å². The lowest BCUT2D eigenvalue weighted by molar-refractivity contribution is -0.139. The van der Waals surface area contributed by atoms with Gasteiger partial charge in [-0.15, -0.1) is 0 Å². The van der Waals surface area contributed by atoms with Gasteiger partial charge in [-0.3, -0.25) is 4.79 Å². The van der Waals surface area contributed by atoms with Crippen molar-refractivity contribution in [1.29, 1.82) is 0 Å². The fourth-order valence-electron chi connectivity index (χ4n) is 1.35. The van der Waals surface area contributed by atoms with Crippen molar-refractivity contribution in [3.05, 3.63) is 35.9 Å². The Morgan fingerprint density at radius 1 is 1.40 bits per heavy atom. The third-order valence-electron chi connectivity index (χ3n) is 2.12. The second kappa shape index (κ2) is 6.16. The Morgan fingerprint density at radius 3 is 2.60 bits per heavy atom. The molecule has 0 radical (unpaired) electrons. The zero-order chi connectivity index (χ0) is 11.1. The average Bonchev–Trinajstić information content (AvgIpc) is 2.25. The molecule has 0 fully saturated rings. The first-order valence-electron chi connectivity index (χ1n) is 4.94. The molecule has 4 nitrogen and oxygen atoms in total. The van der Waals surface area contributed by atoms with Crippen molar-refractivity contribution in [2.75, 3.05) is 13.1 Å². The van der Waals surface area contributed by atoms with Gasteiger partial charge < -0.3 is 16.2 Å². The summed E-state index contributed by atoms with van der Waals surface area (Å²) in [6.45, 7) is 0.961. The van der Waals surface area contributed by atoms with E-state index in [0.29, 0.717) is 19.5 Å². The molecular weight excluding hydrogens is 192 g/mol. The van der Waals surface area contributed by atoms with E-state index in [2.05, 4.69) is 5.32 Å². The number of benzene rings is 1. The number of nitrogens with two attached hydrogens (primary N) is 1. The molecule has 0 aromatic heterocycles. The highest BCUT2D eigenvalue weighted by molar-refractivity contribution is 5.73. The highest BCUT2D eigenvalue weighted by Crippen LogP contribution is 2.03. The first-order chi connectivity index (χ1) is 7.24. The van der Waals surface area contributed by atoms with Crippen LogP contribution in [0.5, 0.6) is 0 Å². The van der Waals surface area contributed by atoms with Gasteiger partial charge >= 0.3 is 5.97 Å². The lowest BCUT2D eigenvalue weighted by Crippen LogP contribution is -2.40. The van der Waals surface area contributed by atoms with E-state index in [1.54, 1.807) is 0 Å². The normalized spacial score (nSPS) is 12.3. The van der Waals surface area contributed by atoms with Crippen molar-refractivity contribution in [3.63, 3.8) is 0 Å². The molecule has 0 saturated heterocycles. The van der Waals surface area contributed by atoms with E-state index in [9.17, 15) is 4.79 Å². The Bertz CT molecular complexity index is 301. The molecule has 0 heterocycles. The van der Waals surface area contributed by atoms with Crippen LogP contribution in [0.2, 0.25) is 0 Å². The van der Waals surface area contributed by atoms with E-state index in [1.807, 2.05) is 30.3 Å². The number of rotatable bonds is 6. The lowest BCUT2D eigenvalue weighted by Gasteiger charge is -2.13. The number of carbonyl (C=O) groups is 1. The first-order valence-corrected chi connectivity index (χ1v) is 4.94. The van der Waals surface area contributed by atoms with Crippen LogP contribution in [0.4, 0.5) is 0 Å². The number of hydrogen-bond acceptors (Lipinski definition) is 3. The van der Waals surface area contributed by atoms with Crippen LogP contribution in [0, 0.1) is 0 Å². The summed E-state index contributed by atoms with van der Waals surface area (Å²) in [5.74, 6) is -0.840. The molecule has 0 spiro atoms. The molecule has 4 N–H and O–H groups in total. The zero-order valence-electron chi connectivity index (χ0n) is 8.52. The minimum absolute atomic E-state index is 0.443. The van der Waals surface area contributed by atoms with Crippen molar-refractivity contribution >= 4 is 5.97 Å². The third-order valence-corrected chi connectivity index (χ3v) is 2.12. The second-order valence-electron chi connectivity index (χ2n) is 3.32. The van der Waals surface area contributed by atoms with Crippen LogP contribution >= 0.6 is 0 Å². The van der Waals surface area contributed by atoms with Crippen molar-refractivity contribution in [3.8, 4) is 0 Å². The van der Waals surface area contributed by atoms with Crippen LogP contribution in [0.15, 0.2) is 30.3 Å². The third kappa shape index (κ3) is 4.10. The Morgan fingerprint density at radius 2 is 2.07 bits per heavy atom. The highest BCUT2D eigenvalue weighted by Gasteiger charge is 2.16. The van der Waals surface area contributed by atoms with Crippen molar-refractivity contribution in [2.24, 2.45) is 5.73 Å². The van der Waals surface area contributed by atoms with Crippen LogP contribution in [-0.4, -0.2) is 30.2 Å². The fourth-order valence-corrected chi connectivity index (χ4v) is 1.35. The van der Waals surface area contributed by atoms with Gasteiger partial charge in [-0.1, -0.05) is 30.3 Å². The van der Waals surface area contributed by atoms with E-state index in [-0.39, 0.29) is 0 Å². The maximum absolute atomic E-state index is 10.9. The minimum Gasteiger partial charge on any atom is -0.480 e. The second-order valence-corrected chi connectivity index (χ2v) is 3.32. The molecule has 15 heavy (non-hydrogen) atoms. The SMILES string of the molecule is NCCNC(Cc1ccccc1)C(=O)O. The summed E-state index contributed by atoms with van der Waals surface area (Å²) in [7, 11) is 0. The number of hydrogen-bond donors (Lipinski definition) is 3. The Hall–Kier alpha value is -1.39. The molecule has 0 aliphatic carbocycles. The number of aliphatic carboxylic acids is 1. The average molecular weight is 208 g/mol. The largest absolute Gasteiger partial charge is 0.480 e. The number of carboxylic acids is 1. The monoisotopic (exact) mass is 208 g/mol. The maximum atomic E-state index is 10.9. The lowest BCUT2D eigenvalue weighted by atomic mass is 10.1. The van der Waals surface area contributed by atoms with E-state index in [1.165, 1.54) is 0 Å². The Labute approximate surface area is 89.1 Å². The summed E-state index contributed by atoms with van der Waals surface area (Å²) >= 11 is 0. The molecule has 1 unspecified atom stereocenters. The summed E-state index contributed by atoms with van der Waals surface area (Å²) in [5.41, 5.74) is 6.32. The molecule has 0 amide bonds. The smallest absolute Gasteiger partial charge is 0.321 e. The summed E-state index contributed by atoms with van der Waals surface area (Å²) in [4.78, 5) is 10.9. The minimum atomic E-state index is -0.840. The molecule has 1 aromatic carbocycles. The molecule has 0 aliphatic rings. The van der Waals surface area contributed by atoms with Gasteiger partial charge in [0.25, 0.3) is 0 Å². The van der Waals surface area contributed by atoms with Crippen molar-refractivity contribution in [2.45, 2.75) is 12.5 Å². The standard InChI is InChI=1S/C11H16N2O2/c12-6-7-13-10(11(14)15)8-9-4-2-1-3-5-9/h1-5,10,13H,6-8,12H2,(H,14,15). The van der Waals surface area contributed by atoms with Gasteiger partial charge in [-0.2, -0.15) is 0 Å². The first kappa shape index (κ1) is 11.7. The van der Waals surface area contributed by atoms with Crippen LogP contribution in [-0.2, 0) is 11.2 Å². The van der Waals surface area contributed by atoms with Gasteiger partial charge in [0.1, 0.15) is 6.04 Å². The summed E-state index contributed by atoms with van der Waals surface area (Å²) < 4.78 is 0. The topological polar surface area (TPSA) is 75.3 Å². The Kier molecular flexibility index (Phi) is 4.80. The molecule has 1 atom stereocenters. The van der Waals surface area contributed by atoms with Gasteiger partial charge in [0.15, 0.2) is 0 Å². The fraction of sp³-hybridized carbons (Fsp3) is 0.364. The maximum Gasteiger partial charge on any atom is 0.321 e. The van der Waals surface area contributed by atoms with Gasteiger partial charge in [0.05, 0.1) is 0 Å². The van der Waals surface area contributed by atoms with Crippen LogP contribution in [0.1, 0.15) is 5.56 Å². The number of carboxylic acid groups (broad SMARTS) is 1. The molecule has 4 heteroatoms. The molecule has 82 valence electrons. The van der Waals surface area contributed by atoms with Gasteiger partial charge in [-0.25, -0.2) is 0 Å². The van der Waals surface area contributed by atoms with Crippen LogP contribution in [0.25, 0.3) is 0 Å². The van der Waals surface area contributed by atoms with E-state index >= 15 is 0 Å². The zero-order valence-corrected chi connectivity index (χ0v) is 8.52. The molecule has 0 saturated carbocycles. The van der Waals surface area contributed by atoms with Crippen LogP contribution < -0.4 is 11.1 Å². The van der Waals surface area contributed by atoms with Gasteiger partial charge in [0.2, 0.25) is 0 Å². The molecular formula is C11H16N2O2. The van der Waals surface area contributed by atoms with E-state index in [4.69, 9.17) is 10.8 Å². The molecule has 0 aliphatic heterocycles. The van der Waals surface area contributed by atoms with Gasteiger partial charge in [0, 0.05) is 13.1 Å².